The van der Waals surface area contributed by atoms with Crippen LogP contribution < -0.4 is 5.32 Å². The van der Waals surface area contributed by atoms with Gasteiger partial charge in [0.15, 0.2) is 5.78 Å². The molecule has 0 heterocycles. The Labute approximate surface area is 140 Å². The van der Waals surface area contributed by atoms with Gasteiger partial charge in [0.25, 0.3) is 0 Å². The lowest BCUT2D eigenvalue weighted by Crippen LogP contribution is -2.15. The van der Waals surface area contributed by atoms with E-state index in [9.17, 15) is 13.3 Å². The van der Waals surface area contributed by atoms with Gasteiger partial charge in [-0.1, -0.05) is 12.1 Å². The van der Waals surface area contributed by atoms with Crippen molar-refractivity contribution in [3.05, 3.63) is 65.7 Å². The maximum Gasteiger partial charge on any atom is 0.357 e. The summed E-state index contributed by atoms with van der Waals surface area (Å²) < 4.78 is 50.3. The molecule has 0 saturated heterocycles. The largest absolute Gasteiger partial charge is 0.368 e. The highest BCUT2D eigenvalue weighted by Gasteiger charge is 2.37. The fourth-order valence-corrected chi connectivity index (χ4v) is 4.18. The maximum absolute atomic E-state index is 13.2. The summed E-state index contributed by atoms with van der Waals surface area (Å²) in [6.07, 6.45) is 0. The van der Waals surface area contributed by atoms with Gasteiger partial charge in [-0.25, -0.2) is 8.78 Å². The van der Waals surface area contributed by atoms with Crippen molar-refractivity contribution in [3.8, 4) is 0 Å². The molecule has 24 heavy (non-hydrogen) atoms. The van der Waals surface area contributed by atoms with E-state index in [1.807, 2.05) is 0 Å². The second-order valence-electron chi connectivity index (χ2n) is 4.98. The van der Waals surface area contributed by atoms with E-state index in [2.05, 4.69) is 5.32 Å². The minimum Gasteiger partial charge on any atom is -0.368 e. The Morgan fingerprint density at radius 2 is 1.38 bits per heavy atom. The highest BCUT2D eigenvalue weighted by atomic mass is 31.2. The molecular formula is C17H20F2NO3P. The van der Waals surface area contributed by atoms with Gasteiger partial charge in [0.1, 0.15) is 11.6 Å². The fraction of sp³-hybridized carbons (Fsp3) is 0.294. The molecule has 0 aromatic heterocycles. The first-order valence-corrected chi connectivity index (χ1v) is 9.26. The molecule has 2 rings (SSSR count). The summed E-state index contributed by atoms with van der Waals surface area (Å²) in [7, 11) is -3.57. The van der Waals surface area contributed by atoms with Crippen molar-refractivity contribution in [2.45, 2.75) is 19.6 Å². The Morgan fingerprint density at radius 3 is 1.83 bits per heavy atom. The summed E-state index contributed by atoms with van der Waals surface area (Å²) in [6, 6.07) is 11.2. The second kappa shape index (κ2) is 8.38. The molecule has 0 radical (unpaired) electrons. The average Bonchev–Trinajstić information content (AvgIpc) is 2.56. The van der Waals surface area contributed by atoms with Crippen molar-refractivity contribution >= 4 is 13.3 Å². The molecule has 7 heteroatoms. The van der Waals surface area contributed by atoms with Crippen LogP contribution in [0, 0.1) is 11.6 Å². The van der Waals surface area contributed by atoms with Gasteiger partial charge in [0.2, 0.25) is 0 Å². The van der Waals surface area contributed by atoms with Gasteiger partial charge in [-0.3, -0.25) is 4.57 Å². The van der Waals surface area contributed by atoms with E-state index >= 15 is 0 Å². The van der Waals surface area contributed by atoms with Crippen LogP contribution in [0.5, 0.6) is 0 Å². The molecule has 2 aromatic carbocycles. The number of anilines is 1. The summed E-state index contributed by atoms with van der Waals surface area (Å²) in [4.78, 5) is 0. The Bertz CT molecular complexity index is 682. The van der Waals surface area contributed by atoms with Crippen LogP contribution in [0.3, 0.4) is 0 Å². The number of halogens is 2. The molecule has 0 aliphatic carbocycles. The van der Waals surface area contributed by atoms with Crippen LogP contribution in [0.1, 0.15) is 25.2 Å². The maximum atomic E-state index is 13.2. The molecule has 2 aromatic rings. The van der Waals surface area contributed by atoms with E-state index in [-0.39, 0.29) is 19.0 Å². The van der Waals surface area contributed by atoms with E-state index in [1.165, 1.54) is 48.5 Å². The number of hydrogen-bond acceptors (Lipinski definition) is 4. The molecule has 1 N–H and O–H groups in total. The summed E-state index contributed by atoms with van der Waals surface area (Å²) in [5.41, 5.74) is 1.09. The van der Waals surface area contributed by atoms with Gasteiger partial charge in [-0.2, -0.15) is 0 Å². The number of benzene rings is 2. The number of nitrogens with one attached hydrogen (secondary N) is 1. The molecule has 0 fully saturated rings. The molecule has 4 nitrogen and oxygen atoms in total. The van der Waals surface area contributed by atoms with Crippen LogP contribution in [0.4, 0.5) is 14.5 Å². The third-order valence-corrected chi connectivity index (χ3v) is 5.56. The van der Waals surface area contributed by atoms with Gasteiger partial charge >= 0.3 is 7.60 Å². The fourth-order valence-electron chi connectivity index (χ4n) is 2.24. The molecule has 0 aliphatic heterocycles. The van der Waals surface area contributed by atoms with E-state index in [0.717, 1.165) is 0 Å². The van der Waals surface area contributed by atoms with E-state index in [0.29, 0.717) is 11.3 Å². The van der Waals surface area contributed by atoms with Crippen molar-refractivity contribution in [2.75, 3.05) is 18.5 Å². The van der Waals surface area contributed by atoms with Gasteiger partial charge in [0, 0.05) is 5.69 Å². The first-order chi connectivity index (χ1) is 11.5. The Morgan fingerprint density at radius 1 is 0.917 bits per heavy atom. The minimum absolute atomic E-state index is 0.195. The predicted octanol–water partition coefficient (Wildman–Crippen LogP) is 5.34. The van der Waals surface area contributed by atoms with E-state index in [1.54, 1.807) is 13.8 Å². The van der Waals surface area contributed by atoms with Crippen molar-refractivity contribution < 1.29 is 22.4 Å². The normalized spacial score (nSPS) is 12.8. The van der Waals surface area contributed by atoms with Crippen molar-refractivity contribution in [3.63, 3.8) is 0 Å². The van der Waals surface area contributed by atoms with Crippen LogP contribution in [0.25, 0.3) is 0 Å². The van der Waals surface area contributed by atoms with Gasteiger partial charge < -0.3 is 14.4 Å². The number of rotatable bonds is 8. The van der Waals surface area contributed by atoms with E-state index in [4.69, 9.17) is 9.05 Å². The van der Waals surface area contributed by atoms with Gasteiger partial charge in [0.05, 0.1) is 13.2 Å². The molecule has 1 unspecified atom stereocenters. The van der Waals surface area contributed by atoms with Crippen LogP contribution in [0.15, 0.2) is 48.5 Å². The van der Waals surface area contributed by atoms with Crippen molar-refractivity contribution in [1.29, 1.82) is 0 Å². The average molecular weight is 355 g/mol. The summed E-state index contributed by atoms with van der Waals surface area (Å²) in [5, 5.41) is 3.05. The van der Waals surface area contributed by atoms with Gasteiger partial charge in [-0.15, -0.1) is 0 Å². The van der Waals surface area contributed by atoms with Crippen LogP contribution in [0.2, 0.25) is 0 Å². The molecule has 0 amide bonds. The summed E-state index contributed by atoms with van der Waals surface area (Å²) >= 11 is 0. The van der Waals surface area contributed by atoms with Gasteiger partial charge in [-0.05, 0) is 55.8 Å². The van der Waals surface area contributed by atoms with E-state index < -0.39 is 19.2 Å². The SMILES string of the molecule is CCOP(=O)(OCC)C(Nc1ccc(F)cc1)c1ccc(F)cc1. The molecular weight excluding hydrogens is 335 g/mol. The summed E-state index contributed by atoms with van der Waals surface area (Å²) in [5.74, 6) is -1.62. The third kappa shape index (κ3) is 4.63. The Hall–Kier alpha value is -1.75. The summed E-state index contributed by atoms with van der Waals surface area (Å²) in [6.45, 7) is 3.82. The zero-order valence-electron chi connectivity index (χ0n) is 13.5. The minimum atomic E-state index is -3.57. The number of hydrogen-bond donors (Lipinski definition) is 1. The van der Waals surface area contributed by atoms with Crippen molar-refractivity contribution in [2.24, 2.45) is 0 Å². The molecule has 130 valence electrons. The molecule has 0 aliphatic rings. The lowest BCUT2D eigenvalue weighted by atomic mass is 10.2. The standard InChI is InChI=1S/C17H20F2NO3P/c1-3-22-24(21,23-4-2)17(13-5-7-14(18)8-6-13)20-16-11-9-15(19)10-12-16/h5-12,17,20H,3-4H2,1-2H3. The lowest BCUT2D eigenvalue weighted by Gasteiger charge is -2.28. The monoisotopic (exact) mass is 355 g/mol. The van der Waals surface area contributed by atoms with Crippen LogP contribution in [-0.2, 0) is 13.6 Å². The molecule has 0 bridgehead atoms. The molecule has 1 atom stereocenters. The first kappa shape index (κ1) is 18.6. The third-order valence-electron chi connectivity index (χ3n) is 3.27. The zero-order valence-corrected chi connectivity index (χ0v) is 14.4. The highest BCUT2D eigenvalue weighted by molar-refractivity contribution is 7.54. The van der Waals surface area contributed by atoms with Crippen molar-refractivity contribution in [1.82, 2.24) is 0 Å². The second-order valence-corrected chi connectivity index (χ2v) is 7.09. The first-order valence-electron chi connectivity index (χ1n) is 7.65. The van der Waals surface area contributed by atoms with Crippen LogP contribution >= 0.6 is 7.60 Å². The molecule has 0 saturated carbocycles. The Balaban J connectivity index is 2.41. The van der Waals surface area contributed by atoms with Crippen LogP contribution in [-0.4, -0.2) is 13.2 Å². The molecule has 0 spiro atoms. The zero-order chi connectivity index (χ0) is 17.6. The Kier molecular flexibility index (Phi) is 6.49. The topological polar surface area (TPSA) is 47.6 Å². The highest BCUT2D eigenvalue weighted by Crippen LogP contribution is 2.60. The lowest BCUT2D eigenvalue weighted by molar-refractivity contribution is 0.214. The quantitative estimate of drug-likeness (QED) is 0.649. The predicted molar refractivity (Wildman–Crippen MR) is 90.0 cm³/mol. The smallest absolute Gasteiger partial charge is 0.357 e.